The number of fused-ring (bicyclic) bond motifs is 4. The summed E-state index contributed by atoms with van der Waals surface area (Å²) in [6.45, 7) is 3.04. The Morgan fingerprint density at radius 3 is 2.77 bits per heavy atom. The molecular weight excluding hydrogens is 270 g/mol. The van der Waals surface area contributed by atoms with Gasteiger partial charge in [-0.3, -0.25) is 0 Å². The van der Waals surface area contributed by atoms with Gasteiger partial charge in [-0.1, -0.05) is 42.0 Å². The Labute approximate surface area is 131 Å². The fourth-order valence-corrected chi connectivity index (χ4v) is 3.63. The Hall–Kier alpha value is -2.06. The zero-order valence-electron chi connectivity index (χ0n) is 13.1. The normalized spacial score (nSPS) is 19.1. The number of hydrogen-bond donors (Lipinski definition) is 1. The van der Waals surface area contributed by atoms with Gasteiger partial charge in [0.2, 0.25) is 0 Å². The molecule has 0 bridgehead atoms. The molecule has 2 nitrogen and oxygen atoms in total. The van der Waals surface area contributed by atoms with Gasteiger partial charge in [-0.15, -0.1) is 0 Å². The molecule has 2 aliphatic rings. The van der Waals surface area contributed by atoms with Gasteiger partial charge in [0.1, 0.15) is 11.9 Å². The van der Waals surface area contributed by atoms with Gasteiger partial charge in [0.05, 0.1) is 0 Å². The van der Waals surface area contributed by atoms with E-state index in [1.54, 1.807) is 0 Å². The van der Waals surface area contributed by atoms with Gasteiger partial charge in [0.25, 0.3) is 0 Å². The lowest BCUT2D eigenvalue weighted by molar-refractivity contribution is 0.190. The van der Waals surface area contributed by atoms with Crippen LogP contribution in [0.15, 0.2) is 42.5 Å². The fourth-order valence-electron chi connectivity index (χ4n) is 3.63. The maximum Gasteiger partial charge on any atom is 0.131 e. The van der Waals surface area contributed by atoms with Crippen LogP contribution in [-0.4, -0.2) is 19.7 Å². The topological polar surface area (TPSA) is 21.3 Å². The van der Waals surface area contributed by atoms with Crippen molar-refractivity contribution in [3.8, 4) is 0 Å². The van der Waals surface area contributed by atoms with E-state index in [1.165, 1.54) is 33.4 Å². The second-order valence-electron chi connectivity index (χ2n) is 6.30. The van der Waals surface area contributed by atoms with Crippen molar-refractivity contribution in [2.45, 2.75) is 25.9 Å². The molecule has 1 heterocycles. The van der Waals surface area contributed by atoms with Crippen LogP contribution < -0.4 is 5.32 Å². The lowest BCUT2D eigenvalue weighted by Crippen LogP contribution is -2.23. The fraction of sp³-hybridized carbons (Fsp3) is 0.300. The van der Waals surface area contributed by atoms with Crippen molar-refractivity contribution in [3.63, 3.8) is 0 Å². The molecule has 1 unspecified atom stereocenters. The molecule has 4 rings (SSSR count). The molecule has 0 amide bonds. The minimum atomic E-state index is 0.231. The van der Waals surface area contributed by atoms with E-state index in [4.69, 9.17) is 4.74 Å². The molecule has 2 aromatic carbocycles. The Balaban J connectivity index is 1.90. The summed E-state index contributed by atoms with van der Waals surface area (Å²) in [5, 5.41) is 3.24. The number of likely N-dealkylation sites (N-methyl/N-ethyl adjacent to an activating group) is 1. The number of aryl methyl sites for hydroxylation is 1. The van der Waals surface area contributed by atoms with E-state index in [-0.39, 0.29) is 6.10 Å². The third-order valence-electron chi connectivity index (χ3n) is 4.66. The molecule has 1 N–H and O–H groups in total. The summed E-state index contributed by atoms with van der Waals surface area (Å²) in [6.07, 6.45) is 2.20. The first-order chi connectivity index (χ1) is 10.8. The summed E-state index contributed by atoms with van der Waals surface area (Å²) in [4.78, 5) is 0. The molecule has 0 saturated carbocycles. The lowest BCUT2D eigenvalue weighted by atomic mass is 9.95. The molecule has 1 aliphatic heterocycles. The Morgan fingerprint density at radius 2 is 1.91 bits per heavy atom. The number of hydrogen-bond acceptors (Lipinski definition) is 2. The first kappa shape index (κ1) is 13.6. The standard InChI is InChI=1S/C20H21NO/c1-13-7-8-15-10-14-5-3-4-6-17(14)19-11-16(12-21-2)22-20(19)18(15)9-13/h3-9,16,21H,10-12H2,1-2H3. The van der Waals surface area contributed by atoms with Crippen LogP contribution in [0.25, 0.3) is 11.3 Å². The van der Waals surface area contributed by atoms with E-state index in [1.807, 2.05) is 7.05 Å². The average Bonchev–Trinajstić information content (AvgIpc) is 2.89. The molecule has 22 heavy (non-hydrogen) atoms. The largest absolute Gasteiger partial charge is 0.488 e. The van der Waals surface area contributed by atoms with Gasteiger partial charge >= 0.3 is 0 Å². The Bertz CT molecular complexity index is 760. The van der Waals surface area contributed by atoms with Crippen molar-refractivity contribution in [1.29, 1.82) is 0 Å². The number of nitrogens with one attached hydrogen (secondary N) is 1. The predicted molar refractivity (Wildman–Crippen MR) is 90.7 cm³/mol. The Kier molecular flexibility index (Phi) is 3.27. The van der Waals surface area contributed by atoms with Gasteiger partial charge in [0.15, 0.2) is 0 Å². The van der Waals surface area contributed by atoms with Crippen molar-refractivity contribution in [3.05, 3.63) is 70.3 Å². The summed E-state index contributed by atoms with van der Waals surface area (Å²) in [7, 11) is 1.99. The SMILES string of the molecule is CNCC1CC2=C(O1)c1cc(C)ccc1Cc1ccccc12. The van der Waals surface area contributed by atoms with Gasteiger partial charge in [-0.25, -0.2) is 0 Å². The van der Waals surface area contributed by atoms with Crippen molar-refractivity contribution in [1.82, 2.24) is 5.32 Å². The van der Waals surface area contributed by atoms with Crippen molar-refractivity contribution >= 4 is 11.3 Å². The van der Waals surface area contributed by atoms with E-state index in [0.717, 1.165) is 25.1 Å². The minimum absolute atomic E-state index is 0.231. The number of rotatable bonds is 2. The molecule has 2 aromatic rings. The average molecular weight is 291 g/mol. The van der Waals surface area contributed by atoms with E-state index >= 15 is 0 Å². The maximum absolute atomic E-state index is 6.34. The van der Waals surface area contributed by atoms with E-state index in [9.17, 15) is 0 Å². The van der Waals surface area contributed by atoms with Crippen LogP contribution in [0.3, 0.4) is 0 Å². The summed E-state index contributed by atoms with van der Waals surface area (Å²) in [5.41, 5.74) is 8.09. The first-order valence-electron chi connectivity index (χ1n) is 7.99. The van der Waals surface area contributed by atoms with Crippen molar-refractivity contribution < 1.29 is 4.74 Å². The van der Waals surface area contributed by atoms with E-state index < -0.39 is 0 Å². The summed E-state index contributed by atoms with van der Waals surface area (Å²) >= 11 is 0. The van der Waals surface area contributed by atoms with E-state index in [2.05, 4.69) is 54.7 Å². The van der Waals surface area contributed by atoms with Crippen LogP contribution >= 0.6 is 0 Å². The van der Waals surface area contributed by atoms with Crippen LogP contribution in [0.2, 0.25) is 0 Å². The first-order valence-corrected chi connectivity index (χ1v) is 7.99. The van der Waals surface area contributed by atoms with Crippen molar-refractivity contribution in [2.75, 3.05) is 13.6 Å². The third-order valence-corrected chi connectivity index (χ3v) is 4.66. The van der Waals surface area contributed by atoms with Crippen LogP contribution in [-0.2, 0) is 11.2 Å². The van der Waals surface area contributed by atoms with Gasteiger partial charge in [-0.2, -0.15) is 0 Å². The zero-order chi connectivity index (χ0) is 15.1. The van der Waals surface area contributed by atoms with Crippen LogP contribution in [0, 0.1) is 6.92 Å². The molecule has 2 heteroatoms. The zero-order valence-corrected chi connectivity index (χ0v) is 13.1. The van der Waals surface area contributed by atoms with Crippen LogP contribution in [0.1, 0.15) is 34.2 Å². The Morgan fingerprint density at radius 1 is 1.09 bits per heavy atom. The molecule has 112 valence electrons. The van der Waals surface area contributed by atoms with Gasteiger partial charge < -0.3 is 10.1 Å². The molecular formula is C20H21NO. The highest BCUT2D eigenvalue weighted by atomic mass is 16.5. The smallest absolute Gasteiger partial charge is 0.131 e. The highest BCUT2D eigenvalue weighted by Crippen LogP contribution is 2.43. The molecule has 0 aromatic heterocycles. The predicted octanol–water partition coefficient (Wildman–Crippen LogP) is 3.78. The molecule has 0 fully saturated rings. The number of benzene rings is 2. The minimum Gasteiger partial charge on any atom is -0.488 e. The molecule has 0 saturated heterocycles. The maximum atomic E-state index is 6.34. The molecule has 1 atom stereocenters. The lowest BCUT2D eigenvalue weighted by Gasteiger charge is -2.15. The van der Waals surface area contributed by atoms with E-state index in [0.29, 0.717) is 0 Å². The molecule has 0 radical (unpaired) electrons. The summed E-state index contributed by atoms with van der Waals surface area (Å²) < 4.78 is 6.34. The summed E-state index contributed by atoms with van der Waals surface area (Å²) in [6, 6.07) is 15.5. The second-order valence-corrected chi connectivity index (χ2v) is 6.30. The quantitative estimate of drug-likeness (QED) is 0.909. The van der Waals surface area contributed by atoms with Gasteiger partial charge in [-0.05, 0) is 43.1 Å². The highest BCUT2D eigenvalue weighted by molar-refractivity contribution is 5.93. The monoisotopic (exact) mass is 291 g/mol. The highest BCUT2D eigenvalue weighted by Gasteiger charge is 2.31. The molecule has 0 spiro atoms. The van der Waals surface area contributed by atoms with Gasteiger partial charge in [0, 0.05) is 24.1 Å². The second kappa shape index (κ2) is 5.29. The third kappa shape index (κ3) is 2.15. The molecule has 1 aliphatic carbocycles. The number of ether oxygens (including phenoxy) is 1. The van der Waals surface area contributed by atoms with Crippen molar-refractivity contribution in [2.24, 2.45) is 0 Å². The van der Waals surface area contributed by atoms with Crippen LogP contribution in [0.5, 0.6) is 0 Å². The summed E-state index contributed by atoms with van der Waals surface area (Å²) in [5.74, 6) is 1.10. The van der Waals surface area contributed by atoms with Crippen LogP contribution in [0.4, 0.5) is 0 Å².